The number of aromatic nitrogens is 2. The maximum absolute atomic E-state index is 12.1. The van der Waals surface area contributed by atoms with E-state index in [1.54, 1.807) is 0 Å². The summed E-state index contributed by atoms with van der Waals surface area (Å²) in [5.41, 5.74) is 0. The molecule has 7 heteroatoms. The van der Waals surface area contributed by atoms with E-state index < -0.39 is 0 Å². The van der Waals surface area contributed by atoms with Gasteiger partial charge in [-0.05, 0) is 32.2 Å². The van der Waals surface area contributed by atoms with E-state index in [9.17, 15) is 4.79 Å². The van der Waals surface area contributed by atoms with E-state index in [1.807, 2.05) is 6.92 Å². The molecule has 0 radical (unpaired) electrons. The van der Waals surface area contributed by atoms with Gasteiger partial charge in [0, 0.05) is 19.6 Å². The van der Waals surface area contributed by atoms with Crippen LogP contribution in [0.1, 0.15) is 50.4 Å². The van der Waals surface area contributed by atoms with Crippen molar-refractivity contribution in [3.8, 4) is 0 Å². The minimum Gasteiger partial charge on any atom is -0.376 e. The fourth-order valence-electron chi connectivity index (χ4n) is 3.13. The summed E-state index contributed by atoms with van der Waals surface area (Å²) in [6, 6.07) is 0.0949. The first-order valence-electron chi connectivity index (χ1n) is 8.21. The molecule has 3 heterocycles. The zero-order chi connectivity index (χ0) is 15.4. The molecule has 2 aliphatic heterocycles. The molecule has 1 aromatic heterocycles. The van der Waals surface area contributed by atoms with Gasteiger partial charge in [-0.15, -0.1) is 0 Å². The number of nitrogens with one attached hydrogen (secondary N) is 1. The highest BCUT2D eigenvalue weighted by Crippen LogP contribution is 2.29. The summed E-state index contributed by atoms with van der Waals surface area (Å²) in [4.78, 5) is 18.7. The lowest BCUT2D eigenvalue weighted by Crippen LogP contribution is -2.40. The third-order valence-corrected chi connectivity index (χ3v) is 4.35. The van der Waals surface area contributed by atoms with Crippen LogP contribution in [0.25, 0.3) is 0 Å². The predicted octanol–water partition coefficient (Wildman–Crippen LogP) is 1.06. The van der Waals surface area contributed by atoms with Gasteiger partial charge in [-0.2, -0.15) is 4.98 Å². The van der Waals surface area contributed by atoms with E-state index >= 15 is 0 Å². The number of rotatable bonds is 6. The molecule has 0 unspecified atom stereocenters. The van der Waals surface area contributed by atoms with Crippen LogP contribution in [0.5, 0.6) is 0 Å². The van der Waals surface area contributed by atoms with Gasteiger partial charge in [0.25, 0.3) is 0 Å². The van der Waals surface area contributed by atoms with E-state index in [0.717, 1.165) is 45.3 Å². The smallest absolute Gasteiger partial charge is 0.234 e. The van der Waals surface area contributed by atoms with Crippen molar-refractivity contribution in [1.29, 1.82) is 0 Å². The Balaban J connectivity index is 1.50. The minimum absolute atomic E-state index is 0.0432. The van der Waals surface area contributed by atoms with Crippen molar-refractivity contribution in [2.24, 2.45) is 0 Å². The number of likely N-dealkylation sites (tertiary alicyclic amines) is 1. The number of carbonyl (C=O) groups excluding carboxylic acids is 1. The van der Waals surface area contributed by atoms with Crippen LogP contribution in [0.4, 0.5) is 0 Å². The van der Waals surface area contributed by atoms with Crippen LogP contribution in [0.2, 0.25) is 0 Å². The van der Waals surface area contributed by atoms with Crippen LogP contribution >= 0.6 is 0 Å². The Bertz CT molecular complexity index is 499. The van der Waals surface area contributed by atoms with Crippen molar-refractivity contribution < 1.29 is 14.1 Å². The lowest BCUT2D eigenvalue weighted by atomic mass is 10.2. The number of hydrogen-bond donors (Lipinski definition) is 1. The second-order valence-corrected chi connectivity index (χ2v) is 5.97. The maximum Gasteiger partial charge on any atom is 0.234 e. The van der Waals surface area contributed by atoms with Crippen LogP contribution in [0.3, 0.4) is 0 Å². The Kier molecular flexibility index (Phi) is 5.04. The zero-order valence-corrected chi connectivity index (χ0v) is 13.1. The normalized spacial score (nSPS) is 25.7. The molecule has 0 aliphatic carbocycles. The third-order valence-electron chi connectivity index (χ3n) is 4.35. The number of carbonyl (C=O) groups is 1. The Morgan fingerprint density at radius 2 is 2.32 bits per heavy atom. The molecule has 2 aliphatic rings. The number of amides is 1. The molecule has 0 aromatic carbocycles. The molecule has 2 fully saturated rings. The van der Waals surface area contributed by atoms with Gasteiger partial charge in [0.05, 0.1) is 18.7 Å². The lowest BCUT2D eigenvalue weighted by Gasteiger charge is -2.21. The fourth-order valence-corrected chi connectivity index (χ4v) is 3.13. The largest absolute Gasteiger partial charge is 0.376 e. The topological polar surface area (TPSA) is 80.5 Å². The highest BCUT2D eigenvalue weighted by molar-refractivity contribution is 5.78. The summed E-state index contributed by atoms with van der Waals surface area (Å²) < 4.78 is 10.7. The van der Waals surface area contributed by atoms with E-state index in [1.165, 1.54) is 0 Å². The Morgan fingerprint density at radius 3 is 3.05 bits per heavy atom. The van der Waals surface area contributed by atoms with Gasteiger partial charge in [0.2, 0.25) is 11.8 Å². The van der Waals surface area contributed by atoms with Gasteiger partial charge in [-0.25, -0.2) is 0 Å². The number of hydrogen-bond acceptors (Lipinski definition) is 6. The molecular formula is C15H24N4O3. The Labute approximate surface area is 130 Å². The van der Waals surface area contributed by atoms with E-state index in [4.69, 9.17) is 9.26 Å². The molecule has 122 valence electrons. The second-order valence-electron chi connectivity index (χ2n) is 5.97. The first kappa shape index (κ1) is 15.4. The zero-order valence-electron chi connectivity index (χ0n) is 13.1. The molecule has 0 bridgehead atoms. The number of ether oxygens (including phenoxy) is 1. The minimum atomic E-state index is 0.0432. The Morgan fingerprint density at radius 1 is 1.41 bits per heavy atom. The molecular weight excluding hydrogens is 284 g/mol. The second kappa shape index (κ2) is 7.19. The third kappa shape index (κ3) is 3.64. The predicted molar refractivity (Wildman–Crippen MR) is 79.2 cm³/mol. The molecule has 2 saturated heterocycles. The van der Waals surface area contributed by atoms with Gasteiger partial charge in [-0.1, -0.05) is 12.1 Å². The van der Waals surface area contributed by atoms with Crippen LogP contribution < -0.4 is 5.32 Å². The summed E-state index contributed by atoms with van der Waals surface area (Å²) in [5.74, 6) is 1.41. The molecule has 22 heavy (non-hydrogen) atoms. The highest BCUT2D eigenvalue weighted by Gasteiger charge is 2.31. The number of nitrogens with zero attached hydrogens (tertiary/aromatic N) is 3. The Hall–Kier alpha value is -1.47. The van der Waals surface area contributed by atoms with E-state index in [0.29, 0.717) is 24.8 Å². The molecule has 3 rings (SSSR count). The van der Waals surface area contributed by atoms with E-state index in [-0.39, 0.29) is 18.1 Å². The van der Waals surface area contributed by atoms with Gasteiger partial charge < -0.3 is 14.6 Å². The SMILES string of the molecule is CCc1nc([C@@H]2CCCN2CC(=O)NC[C@@H]2CCCO2)no1. The van der Waals surface area contributed by atoms with Crippen LogP contribution in [-0.2, 0) is 16.0 Å². The van der Waals surface area contributed by atoms with Gasteiger partial charge >= 0.3 is 0 Å². The maximum atomic E-state index is 12.1. The molecule has 0 saturated carbocycles. The van der Waals surface area contributed by atoms with E-state index in [2.05, 4.69) is 20.4 Å². The van der Waals surface area contributed by atoms with Gasteiger partial charge in [-0.3, -0.25) is 9.69 Å². The summed E-state index contributed by atoms with van der Waals surface area (Å²) in [6.07, 6.45) is 5.08. The average molecular weight is 308 g/mol. The first-order valence-corrected chi connectivity index (χ1v) is 8.21. The van der Waals surface area contributed by atoms with Crippen molar-refractivity contribution in [3.63, 3.8) is 0 Å². The molecule has 7 nitrogen and oxygen atoms in total. The van der Waals surface area contributed by atoms with Crippen molar-refractivity contribution >= 4 is 5.91 Å². The lowest BCUT2D eigenvalue weighted by molar-refractivity contribution is -0.123. The standard InChI is InChI=1S/C15H24N4O3/c1-2-14-17-15(18-22-14)12-6-3-7-19(12)10-13(20)16-9-11-5-4-8-21-11/h11-12H,2-10H2,1H3,(H,16,20)/t11-,12-/m0/s1. The molecule has 0 spiro atoms. The summed E-state index contributed by atoms with van der Waals surface area (Å²) in [5, 5.41) is 7.03. The van der Waals surface area contributed by atoms with Crippen LogP contribution in [0.15, 0.2) is 4.52 Å². The fraction of sp³-hybridized carbons (Fsp3) is 0.800. The van der Waals surface area contributed by atoms with Crippen LogP contribution in [-0.4, -0.2) is 53.3 Å². The first-order chi connectivity index (χ1) is 10.8. The highest BCUT2D eigenvalue weighted by atomic mass is 16.5. The molecule has 1 N–H and O–H groups in total. The summed E-state index contributed by atoms with van der Waals surface area (Å²) in [6.45, 7) is 4.69. The molecule has 2 atom stereocenters. The quantitative estimate of drug-likeness (QED) is 0.846. The van der Waals surface area contributed by atoms with Crippen molar-refractivity contribution in [3.05, 3.63) is 11.7 Å². The molecule has 1 amide bonds. The van der Waals surface area contributed by atoms with Gasteiger partial charge in [0.1, 0.15) is 0 Å². The molecule has 1 aromatic rings. The van der Waals surface area contributed by atoms with Crippen molar-refractivity contribution in [2.75, 3.05) is 26.2 Å². The average Bonchev–Trinajstić information content (AvgIpc) is 3.26. The van der Waals surface area contributed by atoms with Crippen LogP contribution in [0, 0.1) is 0 Å². The van der Waals surface area contributed by atoms with Gasteiger partial charge in [0.15, 0.2) is 5.82 Å². The van der Waals surface area contributed by atoms with Crippen molar-refractivity contribution in [2.45, 2.75) is 51.2 Å². The summed E-state index contributed by atoms with van der Waals surface area (Å²) >= 11 is 0. The monoisotopic (exact) mass is 308 g/mol. The number of aryl methyl sites for hydroxylation is 1. The summed E-state index contributed by atoms with van der Waals surface area (Å²) in [7, 11) is 0. The van der Waals surface area contributed by atoms with Crippen molar-refractivity contribution in [1.82, 2.24) is 20.4 Å².